The van der Waals surface area contributed by atoms with E-state index < -0.39 is 0 Å². The number of para-hydroxylation sites is 1. The average molecular weight is 486 g/mol. The Labute approximate surface area is 208 Å². The monoisotopic (exact) mass is 485 g/mol. The molecule has 36 heavy (non-hydrogen) atoms. The topological polar surface area (TPSA) is 103 Å². The van der Waals surface area contributed by atoms with Crippen molar-refractivity contribution in [3.8, 4) is 17.0 Å². The lowest BCUT2D eigenvalue weighted by Crippen LogP contribution is -2.45. The molecule has 184 valence electrons. The Bertz CT molecular complexity index is 1350. The van der Waals surface area contributed by atoms with Gasteiger partial charge in [-0.15, -0.1) is 0 Å². The van der Waals surface area contributed by atoms with Crippen molar-refractivity contribution in [2.75, 3.05) is 13.7 Å². The fourth-order valence-corrected chi connectivity index (χ4v) is 4.60. The summed E-state index contributed by atoms with van der Waals surface area (Å²) in [6.45, 7) is 2.50. The first-order valence-electron chi connectivity index (χ1n) is 11.9. The van der Waals surface area contributed by atoms with E-state index in [0.29, 0.717) is 35.1 Å². The van der Waals surface area contributed by atoms with Gasteiger partial charge in [0, 0.05) is 18.2 Å². The minimum absolute atomic E-state index is 0.0141. The van der Waals surface area contributed by atoms with Gasteiger partial charge in [0.25, 0.3) is 5.91 Å². The molecule has 5 rings (SSSR count). The van der Waals surface area contributed by atoms with E-state index in [0.717, 1.165) is 18.4 Å². The minimum atomic E-state index is -0.384. The molecular formula is C27H27N5O4. The number of likely N-dealkylation sites (tertiary alicyclic amines) is 1. The Morgan fingerprint density at radius 3 is 2.50 bits per heavy atom. The first-order valence-corrected chi connectivity index (χ1v) is 11.9. The van der Waals surface area contributed by atoms with E-state index >= 15 is 0 Å². The zero-order valence-electron chi connectivity index (χ0n) is 20.2. The molecule has 9 nitrogen and oxygen atoms in total. The fourth-order valence-electron chi connectivity index (χ4n) is 4.60. The van der Waals surface area contributed by atoms with Crippen LogP contribution >= 0.6 is 0 Å². The summed E-state index contributed by atoms with van der Waals surface area (Å²) in [7, 11) is 1.36. The van der Waals surface area contributed by atoms with Crippen molar-refractivity contribution >= 4 is 11.9 Å². The number of benzene rings is 2. The van der Waals surface area contributed by atoms with E-state index in [1.165, 1.54) is 11.9 Å². The van der Waals surface area contributed by atoms with Crippen molar-refractivity contribution in [2.45, 2.75) is 38.1 Å². The maximum Gasteiger partial charge on any atom is 0.311 e. The van der Waals surface area contributed by atoms with Crippen LogP contribution in [-0.2, 0) is 16.0 Å². The number of hydrogen-bond acceptors (Lipinski definition) is 7. The summed E-state index contributed by atoms with van der Waals surface area (Å²) in [4.78, 5) is 33.8. The number of carbonyl (C=O) groups is 2. The normalized spacial score (nSPS) is 17.7. The zero-order chi connectivity index (χ0) is 25.1. The molecule has 0 radical (unpaired) electrons. The van der Waals surface area contributed by atoms with Crippen LogP contribution in [0.4, 0.5) is 0 Å². The molecule has 0 bridgehead atoms. The smallest absolute Gasteiger partial charge is 0.311 e. The molecule has 1 amide bonds. The number of rotatable bonds is 6. The number of piperidine rings is 1. The third-order valence-corrected chi connectivity index (χ3v) is 6.55. The van der Waals surface area contributed by atoms with Gasteiger partial charge in [-0.2, -0.15) is 15.0 Å². The lowest BCUT2D eigenvalue weighted by atomic mass is 9.92. The number of hydrogen-bond donors (Lipinski definition) is 0. The van der Waals surface area contributed by atoms with Gasteiger partial charge in [-0.3, -0.25) is 9.59 Å². The molecule has 0 spiro atoms. The van der Waals surface area contributed by atoms with Crippen molar-refractivity contribution in [3.63, 3.8) is 0 Å². The summed E-state index contributed by atoms with van der Waals surface area (Å²) >= 11 is 0. The van der Waals surface area contributed by atoms with Gasteiger partial charge in [0.15, 0.2) is 11.7 Å². The summed E-state index contributed by atoms with van der Waals surface area (Å²) in [5.74, 6) is 0.505. The lowest BCUT2D eigenvalue weighted by molar-refractivity contribution is -0.139. The second kappa shape index (κ2) is 10.2. The van der Waals surface area contributed by atoms with E-state index in [1.54, 1.807) is 18.5 Å². The average Bonchev–Trinajstić information content (AvgIpc) is 3.60. The molecular weight excluding hydrogens is 458 g/mol. The number of aromatic nitrogens is 4. The first-order chi connectivity index (χ1) is 17.5. The predicted molar refractivity (Wildman–Crippen MR) is 131 cm³/mol. The molecule has 1 saturated heterocycles. The molecule has 9 heteroatoms. The Balaban J connectivity index is 1.45. The SMILES string of the molecule is COC(=O)Cc1nc([C@@H]2CC[C@@H](C)N(C(=O)c3ccccc3-n3nccn3)C2)oc1-c1ccccc1. The molecule has 2 atom stereocenters. The molecule has 1 fully saturated rings. The highest BCUT2D eigenvalue weighted by Crippen LogP contribution is 2.35. The zero-order valence-corrected chi connectivity index (χ0v) is 20.2. The van der Waals surface area contributed by atoms with E-state index in [4.69, 9.17) is 14.1 Å². The van der Waals surface area contributed by atoms with E-state index in [1.807, 2.05) is 53.4 Å². The molecule has 2 aromatic heterocycles. The van der Waals surface area contributed by atoms with Crippen molar-refractivity contribution in [1.82, 2.24) is 24.9 Å². The van der Waals surface area contributed by atoms with Crippen LogP contribution in [-0.4, -0.2) is 56.5 Å². The largest absolute Gasteiger partial charge is 0.469 e. The maximum absolute atomic E-state index is 13.7. The number of amides is 1. The Morgan fingerprint density at radius 2 is 1.75 bits per heavy atom. The van der Waals surface area contributed by atoms with Crippen LogP contribution in [0.3, 0.4) is 0 Å². The van der Waals surface area contributed by atoms with Crippen LogP contribution in [0.2, 0.25) is 0 Å². The summed E-state index contributed by atoms with van der Waals surface area (Å²) in [5.41, 5.74) is 2.54. The van der Waals surface area contributed by atoms with Gasteiger partial charge in [-0.25, -0.2) is 4.98 Å². The summed E-state index contributed by atoms with van der Waals surface area (Å²) in [6.07, 6.45) is 4.80. The van der Waals surface area contributed by atoms with Crippen molar-refractivity contribution in [2.24, 2.45) is 0 Å². The van der Waals surface area contributed by atoms with Crippen LogP contribution in [0, 0.1) is 0 Å². The van der Waals surface area contributed by atoms with Crippen molar-refractivity contribution in [1.29, 1.82) is 0 Å². The molecule has 3 heterocycles. The summed E-state index contributed by atoms with van der Waals surface area (Å²) in [6, 6.07) is 17.0. The van der Waals surface area contributed by atoms with Gasteiger partial charge in [-0.05, 0) is 31.9 Å². The van der Waals surface area contributed by atoms with Gasteiger partial charge in [0.1, 0.15) is 0 Å². The van der Waals surface area contributed by atoms with E-state index in [2.05, 4.69) is 17.1 Å². The molecule has 1 aliphatic rings. The Hall–Kier alpha value is -4.27. The number of nitrogens with zero attached hydrogens (tertiary/aromatic N) is 5. The standard InChI is InChI=1S/C27H27N5O4/c1-18-12-13-20(17-31(18)27(34)21-10-6-7-11-23(21)32-28-14-15-29-32)26-30-22(16-24(33)35-2)25(36-26)19-8-4-3-5-9-19/h3-11,14-15,18,20H,12-13,16-17H2,1-2H3/t18-,20-/m1/s1. The molecule has 0 saturated carbocycles. The van der Waals surface area contributed by atoms with Gasteiger partial charge >= 0.3 is 5.97 Å². The highest BCUT2D eigenvalue weighted by molar-refractivity contribution is 5.98. The number of methoxy groups -OCH3 is 1. The molecule has 0 unspecified atom stereocenters. The van der Waals surface area contributed by atoms with Crippen LogP contribution in [0.25, 0.3) is 17.0 Å². The molecule has 2 aromatic carbocycles. The molecule has 1 aliphatic heterocycles. The van der Waals surface area contributed by atoms with Gasteiger partial charge in [0.05, 0.1) is 48.8 Å². The fraction of sp³-hybridized carbons (Fsp3) is 0.296. The summed E-state index contributed by atoms with van der Waals surface area (Å²) in [5, 5.41) is 8.40. The van der Waals surface area contributed by atoms with Crippen molar-refractivity contribution in [3.05, 3.63) is 84.1 Å². The van der Waals surface area contributed by atoms with Crippen molar-refractivity contribution < 1.29 is 18.7 Å². The second-order valence-corrected chi connectivity index (χ2v) is 8.86. The molecule has 4 aromatic rings. The number of ether oxygens (including phenoxy) is 1. The Morgan fingerprint density at radius 1 is 1.03 bits per heavy atom. The van der Waals surface area contributed by atoms with Crippen LogP contribution in [0.1, 0.15) is 47.6 Å². The summed E-state index contributed by atoms with van der Waals surface area (Å²) < 4.78 is 11.1. The van der Waals surface area contributed by atoms with Crippen LogP contribution in [0.5, 0.6) is 0 Å². The van der Waals surface area contributed by atoms with E-state index in [-0.39, 0.29) is 30.3 Å². The maximum atomic E-state index is 13.7. The van der Waals surface area contributed by atoms with Crippen LogP contribution in [0.15, 0.2) is 71.4 Å². The number of esters is 1. The third kappa shape index (κ3) is 4.64. The number of oxazole rings is 1. The van der Waals surface area contributed by atoms with Gasteiger partial charge in [-0.1, -0.05) is 42.5 Å². The van der Waals surface area contributed by atoms with E-state index in [9.17, 15) is 9.59 Å². The number of carbonyl (C=O) groups excluding carboxylic acids is 2. The Kier molecular flexibility index (Phi) is 6.62. The highest BCUT2D eigenvalue weighted by Gasteiger charge is 2.34. The molecule has 0 N–H and O–H groups in total. The molecule has 0 aliphatic carbocycles. The van der Waals surface area contributed by atoms with Gasteiger partial charge in [0.2, 0.25) is 0 Å². The van der Waals surface area contributed by atoms with Crippen LogP contribution < -0.4 is 0 Å². The first kappa shape index (κ1) is 23.5. The third-order valence-electron chi connectivity index (χ3n) is 6.55. The van der Waals surface area contributed by atoms with Gasteiger partial charge < -0.3 is 14.1 Å². The lowest BCUT2D eigenvalue weighted by Gasteiger charge is -2.37. The predicted octanol–water partition coefficient (Wildman–Crippen LogP) is 4.05. The second-order valence-electron chi connectivity index (χ2n) is 8.86. The highest BCUT2D eigenvalue weighted by atomic mass is 16.5. The minimum Gasteiger partial charge on any atom is -0.469 e. The quantitative estimate of drug-likeness (QED) is 0.380.